The normalized spacial score (nSPS) is 10.4. The van der Waals surface area contributed by atoms with Gasteiger partial charge in [-0.2, -0.15) is 15.0 Å². The highest BCUT2D eigenvalue weighted by atomic mass is 16.5. The van der Waals surface area contributed by atoms with E-state index in [2.05, 4.69) is 20.3 Å². The SMILES string of the molecule is COc1ccc(CCNc2nc(OC)nc(-c3cccc(C(C)=O)c3)n2)cc1. The molecule has 0 unspecified atom stereocenters. The van der Waals surface area contributed by atoms with Gasteiger partial charge in [-0.05, 0) is 37.1 Å². The van der Waals surface area contributed by atoms with Crippen molar-refractivity contribution >= 4 is 11.7 Å². The van der Waals surface area contributed by atoms with Crippen molar-refractivity contribution in [2.75, 3.05) is 26.1 Å². The zero-order chi connectivity index (χ0) is 19.9. The van der Waals surface area contributed by atoms with E-state index >= 15 is 0 Å². The molecule has 0 fully saturated rings. The molecule has 0 spiro atoms. The first-order valence-corrected chi connectivity index (χ1v) is 8.87. The summed E-state index contributed by atoms with van der Waals surface area (Å²) in [4.78, 5) is 24.7. The minimum atomic E-state index is -0.0132. The number of carbonyl (C=O) groups is 1. The van der Waals surface area contributed by atoms with Crippen LogP contribution in [0.3, 0.4) is 0 Å². The van der Waals surface area contributed by atoms with Crippen molar-refractivity contribution in [1.82, 2.24) is 15.0 Å². The van der Waals surface area contributed by atoms with Crippen LogP contribution in [0.1, 0.15) is 22.8 Å². The lowest BCUT2D eigenvalue weighted by Crippen LogP contribution is -2.10. The van der Waals surface area contributed by atoms with Crippen LogP contribution >= 0.6 is 0 Å². The third-order valence-electron chi connectivity index (χ3n) is 4.18. The number of aromatic nitrogens is 3. The Hall–Kier alpha value is -3.48. The van der Waals surface area contributed by atoms with Crippen molar-refractivity contribution in [3.8, 4) is 23.1 Å². The smallest absolute Gasteiger partial charge is 0.321 e. The molecule has 7 nitrogen and oxygen atoms in total. The van der Waals surface area contributed by atoms with E-state index in [1.165, 1.54) is 19.6 Å². The first-order chi connectivity index (χ1) is 13.6. The zero-order valence-electron chi connectivity index (χ0n) is 16.1. The van der Waals surface area contributed by atoms with Gasteiger partial charge < -0.3 is 14.8 Å². The minimum Gasteiger partial charge on any atom is -0.497 e. The van der Waals surface area contributed by atoms with E-state index in [-0.39, 0.29) is 11.8 Å². The van der Waals surface area contributed by atoms with Crippen molar-refractivity contribution in [3.05, 3.63) is 59.7 Å². The van der Waals surface area contributed by atoms with E-state index in [4.69, 9.17) is 9.47 Å². The van der Waals surface area contributed by atoms with Crippen LogP contribution in [0.2, 0.25) is 0 Å². The van der Waals surface area contributed by atoms with Crippen molar-refractivity contribution in [2.24, 2.45) is 0 Å². The Balaban J connectivity index is 1.75. The highest BCUT2D eigenvalue weighted by Crippen LogP contribution is 2.20. The van der Waals surface area contributed by atoms with Gasteiger partial charge in [0.25, 0.3) is 0 Å². The maximum Gasteiger partial charge on any atom is 0.321 e. The summed E-state index contributed by atoms with van der Waals surface area (Å²) >= 11 is 0. The number of rotatable bonds is 8. The molecule has 1 aromatic heterocycles. The topological polar surface area (TPSA) is 86.2 Å². The van der Waals surface area contributed by atoms with Crippen LogP contribution in [-0.4, -0.2) is 41.5 Å². The van der Waals surface area contributed by atoms with Gasteiger partial charge in [-0.25, -0.2) is 0 Å². The Morgan fingerprint density at radius 1 is 1.00 bits per heavy atom. The number of benzene rings is 2. The number of hydrogen-bond donors (Lipinski definition) is 1. The number of nitrogens with one attached hydrogen (secondary N) is 1. The van der Waals surface area contributed by atoms with Gasteiger partial charge in [-0.15, -0.1) is 0 Å². The Kier molecular flexibility index (Phi) is 6.16. The predicted molar refractivity (Wildman–Crippen MR) is 107 cm³/mol. The van der Waals surface area contributed by atoms with E-state index in [0.717, 1.165) is 17.7 Å². The summed E-state index contributed by atoms with van der Waals surface area (Å²) in [7, 11) is 3.15. The van der Waals surface area contributed by atoms with Gasteiger partial charge in [0.15, 0.2) is 11.6 Å². The summed E-state index contributed by atoms with van der Waals surface area (Å²) in [5, 5.41) is 3.20. The minimum absolute atomic E-state index is 0.0132. The molecule has 0 aliphatic carbocycles. The Bertz CT molecular complexity index is 958. The average Bonchev–Trinajstić information content (AvgIpc) is 2.74. The molecular weight excluding hydrogens is 356 g/mol. The second-order valence-corrected chi connectivity index (χ2v) is 6.13. The predicted octanol–water partition coefficient (Wildman–Crippen LogP) is 3.41. The first kappa shape index (κ1) is 19.3. The molecule has 0 radical (unpaired) electrons. The van der Waals surface area contributed by atoms with Crippen LogP contribution in [0.5, 0.6) is 11.8 Å². The van der Waals surface area contributed by atoms with Gasteiger partial charge in [-0.3, -0.25) is 4.79 Å². The molecule has 0 saturated carbocycles. The molecular formula is C21H22N4O3. The summed E-state index contributed by atoms with van der Waals surface area (Å²) in [6.45, 7) is 2.17. The second-order valence-electron chi connectivity index (χ2n) is 6.13. The fraction of sp³-hybridized carbons (Fsp3) is 0.238. The van der Waals surface area contributed by atoms with Crippen LogP contribution < -0.4 is 14.8 Å². The maximum atomic E-state index is 11.6. The zero-order valence-corrected chi connectivity index (χ0v) is 16.1. The summed E-state index contributed by atoms with van der Waals surface area (Å²) < 4.78 is 10.4. The van der Waals surface area contributed by atoms with Crippen LogP contribution in [-0.2, 0) is 6.42 Å². The van der Waals surface area contributed by atoms with E-state index in [9.17, 15) is 4.79 Å². The second kappa shape index (κ2) is 8.94. The number of ether oxygens (including phenoxy) is 2. The van der Waals surface area contributed by atoms with Gasteiger partial charge in [-0.1, -0.05) is 30.3 Å². The third kappa shape index (κ3) is 4.82. The Labute approximate surface area is 163 Å². The third-order valence-corrected chi connectivity index (χ3v) is 4.18. The number of anilines is 1. The van der Waals surface area contributed by atoms with Crippen molar-refractivity contribution < 1.29 is 14.3 Å². The number of Topliss-reactive ketones (excluding diaryl/α,β-unsaturated/α-hetero) is 1. The molecule has 1 N–H and O–H groups in total. The van der Waals surface area contributed by atoms with Crippen LogP contribution in [0, 0.1) is 0 Å². The van der Waals surface area contributed by atoms with Crippen molar-refractivity contribution in [3.63, 3.8) is 0 Å². The summed E-state index contributed by atoms with van der Waals surface area (Å²) in [5.74, 6) is 1.68. The van der Waals surface area contributed by atoms with Crippen LogP contribution in [0.4, 0.5) is 5.95 Å². The largest absolute Gasteiger partial charge is 0.497 e. The molecule has 1 heterocycles. The molecule has 0 aliphatic heterocycles. The molecule has 144 valence electrons. The lowest BCUT2D eigenvalue weighted by atomic mass is 10.1. The molecule has 3 aromatic rings. The van der Waals surface area contributed by atoms with Gasteiger partial charge in [0.2, 0.25) is 5.95 Å². The van der Waals surface area contributed by atoms with Crippen LogP contribution in [0.15, 0.2) is 48.5 Å². The highest BCUT2D eigenvalue weighted by Gasteiger charge is 2.10. The number of hydrogen-bond acceptors (Lipinski definition) is 7. The molecule has 28 heavy (non-hydrogen) atoms. The monoisotopic (exact) mass is 378 g/mol. The summed E-state index contributed by atoms with van der Waals surface area (Å²) in [5.41, 5.74) is 2.50. The Morgan fingerprint density at radius 2 is 1.79 bits per heavy atom. The fourth-order valence-corrected chi connectivity index (χ4v) is 2.64. The fourth-order valence-electron chi connectivity index (χ4n) is 2.64. The molecule has 7 heteroatoms. The van der Waals surface area contributed by atoms with E-state index in [1.54, 1.807) is 25.3 Å². The van der Waals surface area contributed by atoms with Gasteiger partial charge in [0.1, 0.15) is 5.75 Å². The molecule has 3 rings (SSSR count). The number of methoxy groups -OCH3 is 2. The van der Waals surface area contributed by atoms with Gasteiger partial charge >= 0.3 is 6.01 Å². The molecule has 2 aromatic carbocycles. The van der Waals surface area contributed by atoms with E-state index < -0.39 is 0 Å². The summed E-state index contributed by atoms with van der Waals surface area (Å²) in [6, 6.07) is 15.3. The quantitative estimate of drug-likeness (QED) is 0.601. The molecule has 0 amide bonds. The lowest BCUT2D eigenvalue weighted by Gasteiger charge is -2.09. The Morgan fingerprint density at radius 3 is 2.46 bits per heavy atom. The standard InChI is InChI=1S/C21H22N4O3/c1-14(26)16-5-4-6-17(13-16)19-23-20(25-21(24-19)28-3)22-12-11-15-7-9-18(27-2)10-8-15/h4-10,13H,11-12H2,1-3H3,(H,22,23,24,25). The number of ketones is 1. The molecule has 0 aliphatic rings. The van der Waals surface area contributed by atoms with Crippen molar-refractivity contribution in [1.29, 1.82) is 0 Å². The van der Waals surface area contributed by atoms with Gasteiger partial charge in [0.05, 0.1) is 14.2 Å². The van der Waals surface area contributed by atoms with Crippen molar-refractivity contribution in [2.45, 2.75) is 13.3 Å². The highest BCUT2D eigenvalue weighted by molar-refractivity contribution is 5.95. The summed E-state index contributed by atoms with van der Waals surface area (Å²) in [6.07, 6.45) is 0.799. The van der Waals surface area contributed by atoms with E-state index in [0.29, 0.717) is 23.9 Å². The first-order valence-electron chi connectivity index (χ1n) is 8.87. The van der Waals surface area contributed by atoms with E-state index in [1.807, 2.05) is 30.3 Å². The molecule has 0 bridgehead atoms. The number of carbonyl (C=O) groups excluding carboxylic acids is 1. The average molecular weight is 378 g/mol. The number of nitrogens with zero attached hydrogens (tertiary/aromatic N) is 3. The maximum absolute atomic E-state index is 11.6. The molecule has 0 saturated heterocycles. The van der Waals surface area contributed by atoms with Gasteiger partial charge in [0, 0.05) is 17.7 Å². The van der Waals surface area contributed by atoms with Crippen LogP contribution in [0.25, 0.3) is 11.4 Å². The molecule has 0 atom stereocenters. The lowest BCUT2D eigenvalue weighted by molar-refractivity contribution is 0.101.